The zero-order valence-corrected chi connectivity index (χ0v) is 14.6. The predicted octanol–water partition coefficient (Wildman–Crippen LogP) is 2.52. The molecule has 0 unspecified atom stereocenters. The van der Waals surface area contributed by atoms with Crippen LogP contribution in [0.4, 0.5) is 4.39 Å². The quantitative estimate of drug-likeness (QED) is 0.843. The van der Waals surface area contributed by atoms with Gasteiger partial charge in [0.05, 0.1) is 37.4 Å². The fourth-order valence-electron chi connectivity index (χ4n) is 2.87. The van der Waals surface area contributed by atoms with E-state index >= 15 is 0 Å². The third-order valence-electron chi connectivity index (χ3n) is 4.37. The Morgan fingerprint density at radius 3 is 2.54 bits per heavy atom. The van der Waals surface area contributed by atoms with E-state index in [0.717, 1.165) is 32.7 Å². The lowest BCUT2D eigenvalue weighted by Gasteiger charge is -2.30. The van der Waals surface area contributed by atoms with Crippen molar-refractivity contribution in [1.82, 2.24) is 5.01 Å². The summed E-state index contributed by atoms with van der Waals surface area (Å²) in [6.45, 7) is 6.92. The first-order valence-electron chi connectivity index (χ1n) is 8.24. The highest BCUT2D eigenvalue weighted by Crippen LogP contribution is 2.16. The number of nitrogens with one attached hydrogen (secondary N) is 1. The molecule has 0 atom stereocenters. The second kappa shape index (κ2) is 7.77. The smallest absolute Gasteiger partial charge is 0.133 e. The van der Waals surface area contributed by atoms with Gasteiger partial charge in [0.15, 0.2) is 0 Å². The monoisotopic (exact) mass is 346 g/mol. The maximum Gasteiger partial charge on any atom is 0.133 e. The lowest BCUT2D eigenvalue weighted by Crippen LogP contribution is -3.13. The van der Waals surface area contributed by atoms with Crippen LogP contribution in [0.25, 0.3) is 0 Å². The van der Waals surface area contributed by atoms with E-state index in [1.165, 1.54) is 23.4 Å². The lowest BCUT2D eigenvalue weighted by molar-refractivity contribution is -0.918. The van der Waals surface area contributed by atoms with Crippen LogP contribution in [0, 0.1) is 12.7 Å². The maximum atomic E-state index is 13.7. The van der Waals surface area contributed by atoms with Gasteiger partial charge in [-0.25, -0.2) is 4.39 Å². The molecule has 24 heavy (non-hydrogen) atoms. The molecule has 0 saturated carbocycles. The second-order valence-corrected chi connectivity index (χ2v) is 6.65. The van der Waals surface area contributed by atoms with Crippen molar-refractivity contribution < 1.29 is 9.29 Å². The Kier molecular flexibility index (Phi) is 5.48. The van der Waals surface area contributed by atoms with Gasteiger partial charge >= 0.3 is 0 Å². The minimum atomic E-state index is -0.338. The van der Waals surface area contributed by atoms with Crippen LogP contribution in [0.2, 0.25) is 5.02 Å². The van der Waals surface area contributed by atoms with Crippen molar-refractivity contribution in [2.24, 2.45) is 5.10 Å². The van der Waals surface area contributed by atoms with Gasteiger partial charge in [-0.3, -0.25) is 5.01 Å². The number of hydrogen-bond donors (Lipinski definition) is 1. The van der Waals surface area contributed by atoms with E-state index in [9.17, 15) is 4.39 Å². The molecular weight excluding hydrogens is 325 g/mol. The molecular formula is C19H22ClFN3+. The molecule has 2 aromatic rings. The summed E-state index contributed by atoms with van der Waals surface area (Å²) in [5, 5.41) is 6.78. The Morgan fingerprint density at radius 2 is 1.88 bits per heavy atom. The Morgan fingerprint density at radius 1 is 1.17 bits per heavy atom. The van der Waals surface area contributed by atoms with E-state index in [2.05, 4.69) is 36.3 Å². The number of hydrogen-bond acceptors (Lipinski definition) is 2. The number of quaternary nitrogens is 1. The number of halogens is 2. The second-order valence-electron chi connectivity index (χ2n) is 6.25. The molecule has 0 bridgehead atoms. The summed E-state index contributed by atoms with van der Waals surface area (Å²) in [7, 11) is 0. The highest BCUT2D eigenvalue weighted by atomic mass is 35.5. The zero-order chi connectivity index (χ0) is 16.9. The summed E-state index contributed by atoms with van der Waals surface area (Å²) in [6, 6.07) is 13.4. The van der Waals surface area contributed by atoms with E-state index < -0.39 is 0 Å². The molecule has 5 heteroatoms. The first kappa shape index (κ1) is 16.9. The van der Waals surface area contributed by atoms with Crippen LogP contribution in [0.3, 0.4) is 0 Å². The number of rotatable bonds is 4. The standard InChI is InChI=1S/C19H21ClFN3/c1-15-5-7-16(8-6-15)14-23-9-11-24(12-10-23)22-13-17-18(20)3-2-4-19(17)21/h2-8,13H,9-12,14H2,1H3/p+1/b22-13+. The summed E-state index contributed by atoms with van der Waals surface area (Å²) < 4.78 is 13.7. The van der Waals surface area contributed by atoms with E-state index in [0.29, 0.717) is 10.6 Å². The van der Waals surface area contributed by atoms with Gasteiger partial charge in [0, 0.05) is 11.1 Å². The van der Waals surface area contributed by atoms with Crippen molar-refractivity contribution in [2.75, 3.05) is 26.2 Å². The number of hydrazone groups is 1. The van der Waals surface area contributed by atoms with Gasteiger partial charge in [-0.2, -0.15) is 5.10 Å². The van der Waals surface area contributed by atoms with Crippen molar-refractivity contribution in [1.29, 1.82) is 0 Å². The van der Waals surface area contributed by atoms with Gasteiger partial charge in [0.1, 0.15) is 12.4 Å². The highest BCUT2D eigenvalue weighted by molar-refractivity contribution is 6.33. The van der Waals surface area contributed by atoms with Crippen LogP contribution in [-0.2, 0) is 6.54 Å². The van der Waals surface area contributed by atoms with Gasteiger partial charge in [-0.05, 0) is 19.1 Å². The SMILES string of the molecule is Cc1ccc(C[NH+]2CCN(/N=C/c3c(F)cccc3Cl)CC2)cc1. The molecule has 0 aromatic heterocycles. The molecule has 1 saturated heterocycles. The van der Waals surface area contributed by atoms with E-state index in [4.69, 9.17) is 11.6 Å². The van der Waals surface area contributed by atoms with Crippen LogP contribution in [0.5, 0.6) is 0 Å². The molecule has 3 nitrogen and oxygen atoms in total. The normalized spacial score (nSPS) is 16.0. The largest absolute Gasteiger partial charge is 0.328 e. The van der Waals surface area contributed by atoms with E-state index in [1.807, 2.05) is 5.01 Å². The molecule has 1 heterocycles. The lowest BCUT2D eigenvalue weighted by atomic mass is 10.1. The summed E-state index contributed by atoms with van der Waals surface area (Å²) in [4.78, 5) is 1.55. The molecule has 0 radical (unpaired) electrons. The van der Waals surface area contributed by atoms with Crippen LogP contribution >= 0.6 is 11.6 Å². The first-order valence-corrected chi connectivity index (χ1v) is 8.61. The van der Waals surface area contributed by atoms with Gasteiger partial charge in [-0.1, -0.05) is 47.5 Å². The molecule has 0 amide bonds. The summed E-state index contributed by atoms with van der Waals surface area (Å²) in [5.74, 6) is -0.338. The van der Waals surface area contributed by atoms with Gasteiger partial charge in [0.25, 0.3) is 0 Å². The van der Waals surface area contributed by atoms with Crippen LogP contribution < -0.4 is 4.90 Å². The molecule has 3 rings (SSSR count). The van der Waals surface area contributed by atoms with Crippen LogP contribution in [0.1, 0.15) is 16.7 Å². The van der Waals surface area contributed by atoms with Gasteiger partial charge in [-0.15, -0.1) is 0 Å². The molecule has 1 fully saturated rings. The van der Waals surface area contributed by atoms with Gasteiger partial charge in [0.2, 0.25) is 0 Å². The minimum Gasteiger partial charge on any atom is -0.328 e. The Hall–Kier alpha value is -1.91. The third kappa shape index (κ3) is 4.34. The fourth-order valence-corrected chi connectivity index (χ4v) is 3.08. The number of aryl methyl sites for hydroxylation is 1. The van der Waals surface area contributed by atoms with Crippen LogP contribution in [0.15, 0.2) is 47.6 Å². The summed E-state index contributed by atoms with van der Waals surface area (Å²) in [6.07, 6.45) is 1.53. The Labute approximate surface area is 147 Å². The maximum absolute atomic E-state index is 13.7. The topological polar surface area (TPSA) is 20.0 Å². The molecule has 0 spiro atoms. The molecule has 2 aromatic carbocycles. The molecule has 1 aliphatic heterocycles. The molecule has 1 N–H and O–H groups in total. The molecule has 1 aliphatic rings. The molecule has 0 aliphatic carbocycles. The van der Waals surface area contributed by atoms with Crippen molar-refractivity contribution >= 4 is 17.8 Å². The van der Waals surface area contributed by atoms with E-state index in [-0.39, 0.29) is 5.82 Å². The van der Waals surface area contributed by atoms with Gasteiger partial charge < -0.3 is 4.90 Å². The number of nitrogens with zero attached hydrogens (tertiary/aromatic N) is 2. The number of benzene rings is 2. The van der Waals surface area contributed by atoms with Crippen molar-refractivity contribution in [3.05, 3.63) is 70.0 Å². The first-order chi connectivity index (χ1) is 11.6. The summed E-state index contributed by atoms with van der Waals surface area (Å²) >= 11 is 6.02. The minimum absolute atomic E-state index is 0.338. The zero-order valence-electron chi connectivity index (χ0n) is 13.8. The van der Waals surface area contributed by atoms with Crippen molar-refractivity contribution in [3.63, 3.8) is 0 Å². The predicted molar refractivity (Wildman–Crippen MR) is 96.2 cm³/mol. The van der Waals surface area contributed by atoms with E-state index in [1.54, 1.807) is 17.0 Å². The fraction of sp³-hybridized carbons (Fsp3) is 0.316. The van der Waals surface area contributed by atoms with Crippen molar-refractivity contribution in [3.8, 4) is 0 Å². The average molecular weight is 347 g/mol. The van der Waals surface area contributed by atoms with Crippen molar-refractivity contribution in [2.45, 2.75) is 13.5 Å². The average Bonchev–Trinajstić information content (AvgIpc) is 2.58. The third-order valence-corrected chi connectivity index (χ3v) is 4.70. The number of piperazine rings is 1. The summed E-state index contributed by atoms with van der Waals surface area (Å²) in [5.41, 5.74) is 3.01. The Balaban J connectivity index is 1.53. The molecule has 126 valence electrons. The highest BCUT2D eigenvalue weighted by Gasteiger charge is 2.18. The Bertz CT molecular complexity index is 687. The van der Waals surface area contributed by atoms with Crippen LogP contribution in [-0.4, -0.2) is 37.4 Å².